The second-order valence-electron chi connectivity index (χ2n) is 7.23. The van der Waals surface area contributed by atoms with E-state index in [2.05, 4.69) is 6.07 Å². The van der Waals surface area contributed by atoms with Crippen molar-refractivity contribution in [3.63, 3.8) is 0 Å². The lowest BCUT2D eigenvalue weighted by Gasteiger charge is -2.27. The molecule has 1 aliphatic rings. The Balaban J connectivity index is 1.70. The number of halogens is 2. The molecule has 2 N–H and O–H groups in total. The van der Waals surface area contributed by atoms with E-state index in [0.29, 0.717) is 17.1 Å². The predicted molar refractivity (Wildman–Crippen MR) is 127 cm³/mol. The molecule has 0 aliphatic carbocycles. The Kier molecular flexibility index (Phi) is 6.55. The van der Waals surface area contributed by atoms with Gasteiger partial charge in [-0.05, 0) is 24.3 Å². The van der Waals surface area contributed by atoms with Crippen LogP contribution in [0.1, 0.15) is 27.4 Å². The first-order valence-corrected chi connectivity index (χ1v) is 10.7. The van der Waals surface area contributed by atoms with Gasteiger partial charge < -0.3 is 24.7 Å². The van der Waals surface area contributed by atoms with Gasteiger partial charge in [0.05, 0.1) is 35.7 Å². The van der Waals surface area contributed by atoms with Crippen LogP contribution >= 0.6 is 23.2 Å². The minimum atomic E-state index is -0.676. The lowest BCUT2D eigenvalue weighted by Crippen LogP contribution is -2.21. The smallest absolute Gasteiger partial charge is 0.343 e. The zero-order valence-corrected chi connectivity index (χ0v) is 19.6. The molecule has 9 heteroatoms. The number of benzene rings is 3. The van der Waals surface area contributed by atoms with Gasteiger partial charge >= 0.3 is 5.97 Å². The summed E-state index contributed by atoms with van der Waals surface area (Å²) in [7, 11) is 2.98. The Morgan fingerprint density at radius 1 is 1.03 bits per heavy atom. The highest BCUT2D eigenvalue weighted by Crippen LogP contribution is 2.46. The molecule has 3 aromatic carbocycles. The summed E-state index contributed by atoms with van der Waals surface area (Å²) >= 11 is 12.3. The first kappa shape index (κ1) is 23.3. The number of para-hydroxylation sites is 1. The monoisotopic (exact) mass is 496 g/mol. The lowest BCUT2D eigenvalue weighted by atomic mass is 9.83. The number of rotatable bonds is 5. The van der Waals surface area contributed by atoms with Gasteiger partial charge in [0.2, 0.25) is 5.88 Å². The highest BCUT2D eigenvalue weighted by atomic mass is 35.5. The standard InChI is InChI=1S/C25H18Cl2N2O5/c1-31-20-6-4-3-5-15(20)22-16-8-7-14(11-21(16)34-24(29)17(22)12-28)33-25(30)13-9-18(26)23(32-2)19(27)10-13/h3-11,22H,29H2,1-2H3. The average Bonchev–Trinajstić information content (AvgIpc) is 2.82. The number of nitrogens with two attached hydrogens (primary N) is 1. The molecule has 0 aromatic heterocycles. The van der Waals surface area contributed by atoms with Gasteiger partial charge in [-0.3, -0.25) is 0 Å². The van der Waals surface area contributed by atoms with Crippen molar-refractivity contribution in [2.75, 3.05) is 14.2 Å². The minimum Gasteiger partial charge on any atom is -0.496 e. The summed E-state index contributed by atoms with van der Waals surface area (Å²) in [6.07, 6.45) is 0. The third kappa shape index (κ3) is 4.21. The molecule has 7 nitrogen and oxygen atoms in total. The molecular formula is C25H18Cl2N2O5. The number of hydrogen-bond donors (Lipinski definition) is 1. The summed E-state index contributed by atoms with van der Waals surface area (Å²) in [6, 6.07) is 17.1. The third-order valence-electron chi connectivity index (χ3n) is 5.29. The molecule has 1 atom stereocenters. The molecule has 0 saturated heterocycles. The van der Waals surface area contributed by atoms with Crippen LogP contribution in [0.4, 0.5) is 0 Å². The summed E-state index contributed by atoms with van der Waals surface area (Å²) in [6.45, 7) is 0. The van der Waals surface area contributed by atoms with E-state index in [0.717, 1.165) is 5.56 Å². The number of fused-ring (bicyclic) bond motifs is 1. The molecule has 0 spiro atoms. The fourth-order valence-electron chi connectivity index (χ4n) is 3.76. The maximum Gasteiger partial charge on any atom is 0.343 e. The van der Waals surface area contributed by atoms with E-state index in [9.17, 15) is 10.1 Å². The Bertz CT molecular complexity index is 1340. The van der Waals surface area contributed by atoms with E-state index in [1.54, 1.807) is 25.3 Å². The minimum absolute atomic E-state index is 0.0388. The molecule has 1 heterocycles. The average molecular weight is 497 g/mol. The van der Waals surface area contributed by atoms with Crippen molar-refractivity contribution < 1.29 is 23.7 Å². The van der Waals surface area contributed by atoms with E-state index >= 15 is 0 Å². The largest absolute Gasteiger partial charge is 0.496 e. The Hall–Kier alpha value is -3.86. The van der Waals surface area contributed by atoms with Crippen LogP contribution in [0.2, 0.25) is 10.0 Å². The predicted octanol–water partition coefficient (Wildman–Crippen LogP) is 5.45. The molecule has 1 aliphatic heterocycles. The summed E-state index contributed by atoms with van der Waals surface area (Å²) < 4.78 is 21.8. The summed E-state index contributed by atoms with van der Waals surface area (Å²) in [5.74, 6) is 0.189. The Morgan fingerprint density at radius 2 is 1.74 bits per heavy atom. The van der Waals surface area contributed by atoms with E-state index in [4.69, 9.17) is 47.9 Å². The molecule has 0 amide bonds. The van der Waals surface area contributed by atoms with Crippen LogP contribution in [0, 0.1) is 11.3 Å². The SMILES string of the molecule is COc1ccccc1C1C(C#N)=C(N)Oc2cc(OC(=O)c3cc(Cl)c(OC)c(Cl)c3)ccc21. The Morgan fingerprint density at radius 3 is 2.38 bits per heavy atom. The topological polar surface area (TPSA) is 104 Å². The molecule has 34 heavy (non-hydrogen) atoms. The van der Waals surface area contributed by atoms with E-state index in [1.165, 1.54) is 25.3 Å². The van der Waals surface area contributed by atoms with Gasteiger partial charge in [0.25, 0.3) is 0 Å². The molecule has 1 unspecified atom stereocenters. The van der Waals surface area contributed by atoms with Gasteiger partial charge in [-0.2, -0.15) is 5.26 Å². The number of ether oxygens (including phenoxy) is 4. The number of carbonyl (C=O) groups is 1. The lowest BCUT2D eigenvalue weighted by molar-refractivity contribution is 0.0734. The molecule has 0 radical (unpaired) electrons. The van der Waals surface area contributed by atoms with Crippen LogP contribution < -0.4 is 24.7 Å². The fourth-order valence-corrected chi connectivity index (χ4v) is 4.40. The van der Waals surface area contributed by atoms with Crippen molar-refractivity contribution in [1.29, 1.82) is 5.26 Å². The van der Waals surface area contributed by atoms with E-state index in [1.807, 2.05) is 18.2 Å². The van der Waals surface area contributed by atoms with Gasteiger partial charge in [0.1, 0.15) is 28.9 Å². The van der Waals surface area contributed by atoms with Crippen molar-refractivity contribution in [2.24, 2.45) is 5.73 Å². The van der Waals surface area contributed by atoms with Crippen LogP contribution in [0.25, 0.3) is 0 Å². The third-order valence-corrected chi connectivity index (χ3v) is 5.85. The summed E-state index contributed by atoms with van der Waals surface area (Å²) in [5, 5.41) is 10.1. The highest BCUT2D eigenvalue weighted by Gasteiger charge is 2.33. The molecule has 0 saturated carbocycles. The maximum absolute atomic E-state index is 12.7. The van der Waals surface area contributed by atoms with E-state index < -0.39 is 11.9 Å². The molecule has 172 valence electrons. The second-order valence-corrected chi connectivity index (χ2v) is 8.04. The van der Waals surface area contributed by atoms with Crippen molar-refractivity contribution in [3.8, 4) is 29.1 Å². The molecule has 4 rings (SSSR count). The second kappa shape index (κ2) is 9.56. The van der Waals surface area contributed by atoms with Crippen LogP contribution in [0.3, 0.4) is 0 Å². The summed E-state index contributed by atoms with van der Waals surface area (Å²) in [4.78, 5) is 12.7. The molecule has 0 bridgehead atoms. The van der Waals surface area contributed by atoms with Gasteiger partial charge in [-0.25, -0.2) is 4.79 Å². The van der Waals surface area contributed by atoms with Crippen molar-refractivity contribution in [3.05, 3.63) is 92.8 Å². The van der Waals surface area contributed by atoms with Gasteiger partial charge in [0, 0.05) is 17.2 Å². The van der Waals surface area contributed by atoms with Gasteiger partial charge in [-0.15, -0.1) is 0 Å². The molecule has 0 fully saturated rings. The molecular weight excluding hydrogens is 479 g/mol. The van der Waals surface area contributed by atoms with Crippen LogP contribution in [-0.4, -0.2) is 20.2 Å². The first-order valence-electron chi connectivity index (χ1n) is 9.97. The number of esters is 1. The quantitative estimate of drug-likeness (QED) is 0.369. The number of allylic oxidation sites excluding steroid dienone is 1. The normalized spacial score (nSPS) is 14.5. The van der Waals surface area contributed by atoms with Crippen molar-refractivity contribution in [2.45, 2.75) is 5.92 Å². The Labute approximate surface area is 205 Å². The number of nitriles is 1. The number of carbonyl (C=O) groups excluding carboxylic acids is 1. The highest BCUT2D eigenvalue weighted by molar-refractivity contribution is 6.37. The van der Waals surface area contributed by atoms with Crippen LogP contribution in [0.15, 0.2) is 66.1 Å². The van der Waals surface area contributed by atoms with Crippen molar-refractivity contribution >= 4 is 29.2 Å². The fraction of sp³-hybridized carbons (Fsp3) is 0.120. The molecule has 3 aromatic rings. The van der Waals surface area contributed by atoms with Crippen LogP contribution in [0.5, 0.6) is 23.0 Å². The zero-order valence-electron chi connectivity index (χ0n) is 18.1. The summed E-state index contributed by atoms with van der Waals surface area (Å²) in [5.41, 5.74) is 7.89. The number of methoxy groups -OCH3 is 2. The maximum atomic E-state index is 12.7. The number of nitrogens with zero attached hydrogens (tertiary/aromatic N) is 1. The van der Waals surface area contributed by atoms with Gasteiger partial charge in [0.15, 0.2) is 5.75 Å². The van der Waals surface area contributed by atoms with E-state index in [-0.39, 0.29) is 38.6 Å². The van der Waals surface area contributed by atoms with Crippen molar-refractivity contribution in [1.82, 2.24) is 0 Å². The number of hydrogen-bond acceptors (Lipinski definition) is 7. The van der Waals surface area contributed by atoms with Crippen LogP contribution in [-0.2, 0) is 0 Å². The first-order chi connectivity index (χ1) is 16.4. The van der Waals surface area contributed by atoms with Gasteiger partial charge in [-0.1, -0.05) is 47.5 Å². The zero-order chi connectivity index (χ0) is 24.4.